The highest BCUT2D eigenvalue weighted by atomic mass is 79.9. The Balaban J connectivity index is 1.45. The summed E-state index contributed by atoms with van der Waals surface area (Å²) in [5, 5.41) is 26.0. The fourth-order valence-corrected chi connectivity index (χ4v) is 3.16. The van der Waals surface area contributed by atoms with Crippen LogP contribution in [-0.2, 0) is 0 Å². The third kappa shape index (κ3) is 5.10. The van der Waals surface area contributed by atoms with Gasteiger partial charge in [-0.05, 0) is 56.6 Å². The summed E-state index contributed by atoms with van der Waals surface area (Å²) in [6.07, 6.45) is 1.67. The van der Waals surface area contributed by atoms with Gasteiger partial charge in [-0.25, -0.2) is 18.4 Å². The van der Waals surface area contributed by atoms with E-state index in [1.165, 1.54) is 18.2 Å². The average molecular weight is 529 g/mol. The zero-order valence-corrected chi connectivity index (χ0v) is 18.7. The zero-order chi connectivity index (χ0) is 23.9. The van der Waals surface area contributed by atoms with Crippen LogP contribution in [0.4, 0.5) is 10.2 Å². The minimum absolute atomic E-state index is 0.000592. The first-order chi connectivity index (χ1) is 16.6. The molecule has 0 aliphatic heterocycles. The first-order valence-electron chi connectivity index (χ1n) is 9.61. The quantitative estimate of drug-likeness (QED) is 0.158. The van der Waals surface area contributed by atoms with Crippen LogP contribution in [0, 0.1) is 17.3 Å². The summed E-state index contributed by atoms with van der Waals surface area (Å²) in [5.74, 6) is -0.619. The molecule has 0 saturated heterocycles. The monoisotopic (exact) mass is 528 g/mol. The van der Waals surface area contributed by atoms with E-state index >= 15 is 0 Å². The number of amidine groups is 1. The molecule has 0 atom stereocenters. The molecular formula is C20H14BrFN8O4. The first-order valence-corrected chi connectivity index (χ1v) is 10.4. The van der Waals surface area contributed by atoms with Gasteiger partial charge in [0.05, 0.1) is 10.2 Å². The normalized spacial score (nSPS) is 11.1. The van der Waals surface area contributed by atoms with Gasteiger partial charge in [-0.15, -0.1) is 4.99 Å². The van der Waals surface area contributed by atoms with Crippen LogP contribution in [0.25, 0.3) is 17.2 Å². The summed E-state index contributed by atoms with van der Waals surface area (Å²) in [5.41, 5.74) is 0.387. The van der Waals surface area contributed by atoms with Crippen molar-refractivity contribution in [1.82, 2.24) is 25.4 Å². The topological polar surface area (TPSA) is 156 Å². The molecule has 14 heteroatoms. The molecule has 2 heterocycles. The van der Waals surface area contributed by atoms with Gasteiger partial charge in [0.1, 0.15) is 11.6 Å². The minimum atomic E-state index is -0.806. The molecule has 2 aromatic carbocycles. The number of para-hydroxylation sites is 1. The van der Waals surface area contributed by atoms with Crippen molar-refractivity contribution < 1.29 is 18.3 Å². The van der Waals surface area contributed by atoms with Gasteiger partial charge in [0, 0.05) is 13.1 Å². The van der Waals surface area contributed by atoms with E-state index in [0.717, 1.165) is 4.57 Å². The molecule has 2 aromatic heterocycles. The van der Waals surface area contributed by atoms with Crippen molar-refractivity contribution in [2.24, 2.45) is 4.99 Å². The predicted molar refractivity (Wildman–Crippen MR) is 120 cm³/mol. The van der Waals surface area contributed by atoms with Gasteiger partial charge in [-0.2, -0.15) is 5.26 Å². The van der Waals surface area contributed by atoms with E-state index in [-0.39, 0.29) is 40.9 Å². The van der Waals surface area contributed by atoms with Gasteiger partial charge in [-0.1, -0.05) is 23.4 Å². The largest absolute Gasteiger partial charge is 0.446 e. The van der Waals surface area contributed by atoms with Crippen molar-refractivity contribution in [2.45, 2.75) is 0 Å². The lowest BCUT2D eigenvalue weighted by Crippen LogP contribution is -2.32. The van der Waals surface area contributed by atoms with Crippen LogP contribution in [0.15, 0.2) is 71.9 Å². The number of rotatable bonds is 7. The van der Waals surface area contributed by atoms with Crippen molar-refractivity contribution in [3.8, 4) is 29.1 Å². The van der Waals surface area contributed by atoms with Crippen LogP contribution in [0.5, 0.6) is 5.75 Å². The smallest absolute Gasteiger partial charge is 0.425 e. The molecule has 0 amide bonds. The number of nitrogens with zero attached hydrogens (tertiary/aromatic N) is 6. The number of nitriles is 1. The van der Waals surface area contributed by atoms with E-state index in [1.54, 1.807) is 30.5 Å². The molecule has 0 saturated carbocycles. The molecule has 0 fully saturated rings. The highest BCUT2D eigenvalue weighted by Gasteiger charge is 2.23. The molecule has 0 aliphatic carbocycles. The fourth-order valence-electron chi connectivity index (χ4n) is 2.80. The van der Waals surface area contributed by atoms with Crippen molar-refractivity contribution in [2.75, 3.05) is 18.4 Å². The average Bonchev–Trinajstić information content (AvgIpc) is 3.45. The van der Waals surface area contributed by atoms with Crippen molar-refractivity contribution in [3.63, 3.8) is 0 Å². The molecule has 12 nitrogen and oxygen atoms in total. The molecule has 4 aromatic rings. The first kappa shape index (κ1) is 22.7. The Hall–Kier alpha value is -4.51. The summed E-state index contributed by atoms with van der Waals surface area (Å²) in [7, 11) is 0. The number of hydrogen-bond acceptors (Lipinski definition) is 10. The van der Waals surface area contributed by atoms with Crippen LogP contribution in [-0.4, -0.2) is 39.1 Å². The lowest BCUT2D eigenvalue weighted by molar-refractivity contribution is 0.309. The lowest BCUT2D eigenvalue weighted by atomic mass is 10.3. The summed E-state index contributed by atoms with van der Waals surface area (Å²) in [4.78, 5) is 15.9. The molecule has 0 unspecified atom stereocenters. The highest BCUT2D eigenvalue weighted by molar-refractivity contribution is 9.10. The van der Waals surface area contributed by atoms with Crippen LogP contribution < -0.4 is 21.1 Å². The molecule has 172 valence electrons. The molecule has 2 N–H and O–H groups in total. The molecule has 34 heavy (non-hydrogen) atoms. The number of aliphatic imine (C=N–C) groups is 1. The van der Waals surface area contributed by atoms with Gasteiger partial charge in [-0.3, -0.25) is 4.52 Å². The number of anilines is 1. The van der Waals surface area contributed by atoms with E-state index in [9.17, 15) is 9.18 Å². The number of ether oxygens (including phenoxy) is 1. The van der Waals surface area contributed by atoms with Gasteiger partial charge in [0.25, 0.3) is 0 Å². The summed E-state index contributed by atoms with van der Waals surface area (Å²) < 4.78 is 30.0. The summed E-state index contributed by atoms with van der Waals surface area (Å²) in [6, 6.07) is 12.8. The number of benzene rings is 2. The maximum absolute atomic E-state index is 13.6. The van der Waals surface area contributed by atoms with Crippen LogP contribution in [0.1, 0.15) is 0 Å². The standard InChI is InChI=1S/C20H14BrFN8O4/c21-14-10-12(6-7-15(14)22)30-18(29-33-20(30)31)16-17(28-34-27-16)24-8-9-25-19(26-11-23)32-13-4-2-1-3-5-13/h1-7,10H,8-9H2,(H,24,28)(H,25,26). The van der Waals surface area contributed by atoms with Crippen LogP contribution >= 0.6 is 15.9 Å². The second kappa shape index (κ2) is 10.4. The number of aromatic nitrogens is 4. The van der Waals surface area contributed by atoms with Crippen LogP contribution in [0.2, 0.25) is 0 Å². The van der Waals surface area contributed by atoms with E-state index in [4.69, 9.17) is 19.2 Å². The number of nitrogens with one attached hydrogen (secondary N) is 2. The molecule has 0 radical (unpaired) electrons. The molecule has 0 aliphatic rings. The Morgan fingerprint density at radius 3 is 2.79 bits per heavy atom. The maximum Gasteiger partial charge on any atom is 0.446 e. The van der Waals surface area contributed by atoms with Crippen molar-refractivity contribution in [3.05, 3.63) is 69.4 Å². The molecular weight excluding hydrogens is 515 g/mol. The third-order valence-electron chi connectivity index (χ3n) is 4.27. The van der Waals surface area contributed by atoms with E-state index in [0.29, 0.717) is 11.4 Å². The Morgan fingerprint density at radius 1 is 1.21 bits per heavy atom. The van der Waals surface area contributed by atoms with E-state index in [2.05, 4.69) is 47.0 Å². The summed E-state index contributed by atoms with van der Waals surface area (Å²) >= 11 is 3.08. The Morgan fingerprint density at radius 2 is 2.03 bits per heavy atom. The second-order valence-electron chi connectivity index (χ2n) is 6.45. The fraction of sp³-hybridized carbons (Fsp3) is 0.100. The third-order valence-corrected chi connectivity index (χ3v) is 4.88. The zero-order valence-electron chi connectivity index (χ0n) is 17.1. The highest BCUT2D eigenvalue weighted by Crippen LogP contribution is 2.26. The number of hydrogen-bond donors (Lipinski definition) is 2. The maximum atomic E-state index is 13.6. The van der Waals surface area contributed by atoms with Crippen molar-refractivity contribution >= 4 is 27.8 Å². The molecule has 0 bridgehead atoms. The predicted octanol–water partition coefficient (Wildman–Crippen LogP) is 2.69. The van der Waals surface area contributed by atoms with Gasteiger partial charge in [0.2, 0.25) is 17.8 Å². The number of halogens is 2. The van der Waals surface area contributed by atoms with E-state index < -0.39 is 11.6 Å². The van der Waals surface area contributed by atoms with Gasteiger partial charge in [0.15, 0.2) is 5.69 Å². The SMILES string of the molecule is N#C/N=C(/NCCNc1nonc1-c1noc(=O)n1-c1ccc(F)c(Br)c1)Oc1ccccc1. The molecule has 0 spiro atoms. The molecule has 4 rings (SSSR count). The Labute approximate surface area is 198 Å². The second-order valence-corrected chi connectivity index (χ2v) is 7.31. The van der Waals surface area contributed by atoms with Gasteiger partial charge >= 0.3 is 11.8 Å². The minimum Gasteiger partial charge on any atom is -0.425 e. The van der Waals surface area contributed by atoms with Crippen LogP contribution in [0.3, 0.4) is 0 Å². The summed E-state index contributed by atoms with van der Waals surface area (Å²) in [6.45, 7) is 0.546. The van der Waals surface area contributed by atoms with Crippen molar-refractivity contribution in [1.29, 1.82) is 5.26 Å². The van der Waals surface area contributed by atoms with Gasteiger partial charge < -0.3 is 15.4 Å². The van der Waals surface area contributed by atoms with E-state index in [1.807, 2.05) is 6.07 Å². The Bertz CT molecular complexity index is 1410. The Kier molecular flexibility index (Phi) is 6.94. The lowest BCUT2D eigenvalue weighted by Gasteiger charge is -2.10.